The van der Waals surface area contributed by atoms with E-state index in [-0.39, 0.29) is 37.9 Å². The number of primary amides is 2. The third kappa shape index (κ3) is 15.0. The first kappa shape index (κ1) is 47.9. The molecule has 16 N–H and O–H groups in total. The Bertz CT molecular complexity index is 2280. The van der Waals surface area contributed by atoms with Crippen LogP contribution in [0, 0.1) is 0 Å². The second kappa shape index (κ2) is 22.7. The molecule has 4 aromatic rings. The number of aromatic hydroxyl groups is 1. The predicted molar refractivity (Wildman–Crippen MR) is 220 cm³/mol. The van der Waals surface area contributed by atoms with Crippen LogP contribution in [0.25, 0.3) is 10.9 Å². The Kier molecular flexibility index (Phi) is 17.2. The molecule has 0 fully saturated rings. The maximum absolute atomic E-state index is 14.0. The molecule has 0 aliphatic rings. The van der Waals surface area contributed by atoms with Gasteiger partial charge < -0.3 is 69.1 Å². The summed E-state index contributed by atoms with van der Waals surface area (Å²) in [5.74, 6) is -9.88. The number of imidazole rings is 1. The molecule has 0 saturated carbocycles. The standard InChI is InChI=1S/C40H49N11O12/c41-25(14-21-17-45-26-4-2-1-3-24(21)26)35(57)47-27(9-11-32(42)53)36(58)48-28(10-12-34(55)56)37(59)50-30(15-22-18-44-19-46-22)39(61)49-29(13-20-5-7-23(52)8-6-20)38(60)51-31(40(62)63)16-33(43)54/h1-8,17-19,25,27-31,45,52H,9-16,41H2,(H2,42,53)(H2,43,54)(H,44,46)(H,47,57)(H,48,58)(H,49,61)(H,50,59)(H,51,60)(H,55,56)(H,62,63). The number of amides is 7. The van der Waals surface area contributed by atoms with Crippen molar-refractivity contribution in [1.29, 1.82) is 0 Å². The highest BCUT2D eigenvalue weighted by atomic mass is 16.4. The molecule has 7 amide bonds. The molecule has 2 heterocycles. The lowest BCUT2D eigenvalue weighted by molar-refractivity contribution is -0.143. The van der Waals surface area contributed by atoms with Gasteiger partial charge in [0.25, 0.3) is 0 Å². The van der Waals surface area contributed by atoms with E-state index in [9.17, 15) is 58.5 Å². The lowest BCUT2D eigenvalue weighted by atomic mass is 10.0. The van der Waals surface area contributed by atoms with Crippen molar-refractivity contribution < 1.29 is 58.5 Å². The van der Waals surface area contributed by atoms with E-state index in [4.69, 9.17) is 17.2 Å². The van der Waals surface area contributed by atoms with E-state index in [1.807, 2.05) is 24.3 Å². The Labute approximate surface area is 358 Å². The number of H-pyrrole nitrogens is 2. The zero-order valence-electron chi connectivity index (χ0n) is 33.7. The summed E-state index contributed by atoms with van der Waals surface area (Å²) < 4.78 is 0. The number of nitrogens with two attached hydrogens (primary N) is 3. The Hall–Kier alpha value is -7.82. The molecule has 23 nitrogen and oxygen atoms in total. The summed E-state index contributed by atoms with van der Waals surface area (Å²) in [7, 11) is 0. The summed E-state index contributed by atoms with van der Waals surface area (Å²) in [6, 6.07) is 3.50. The lowest BCUT2D eigenvalue weighted by Crippen LogP contribution is -2.60. The van der Waals surface area contributed by atoms with Gasteiger partial charge in [-0.25, -0.2) is 9.78 Å². The highest BCUT2D eigenvalue weighted by Crippen LogP contribution is 2.19. The third-order valence-corrected chi connectivity index (χ3v) is 9.68. The lowest BCUT2D eigenvalue weighted by Gasteiger charge is -2.27. The number of hydrogen-bond acceptors (Lipinski definition) is 12. The molecule has 2 aromatic carbocycles. The number of fused-ring (bicyclic) bond motifs is 1. The van der Waals surface area contributed by atoms with E-state index in [1.54, 1.807) is 6.20 Å². The van der Waals surface area contributed by atoms with Gasteiger partial charge in [-0.05, 0) is 48.6 Å². The van der Waals surface area contributed by atoms with E-state index in [1.165, 1.54) is 36.8 Å². The van der Waals surface area contributed by atoms with Crippen molar-refractivity contribution >= 4 is 64.2 Å². The molecule has 4 rings (SSSR count). The van der Waals surface area contributed by atoms with Gasteiger partial charge in [-0.3, -0.25) is 38.4 Å². The van der Waals surface area contributed by atoms with Gasteiger partial charge in [0, 0.05) is 54.7 Å². The van der Waals surface area contributed by atoms with Crippen LogP contribution in [0.2, 0.25) is 0 Å². The maximum atomic E-state index is 14.0. The second-order valence-corrected chi connectivity index (χ2v) is 14.6. The first-order valence-corrected chi connectivity index (χ1v) is 19.5. The van der Waals surface area contributed by atoms with Crippen molar-refractivity contribution in [3.8, 4) is 5.75 Å². The first-order valence-electron chi connectivity index (χ1n) is 19.5. The highest BCUT2D eigenvalue weighted by molar-refractivity contribution is 5.97. The molecule has 63 heavy (non-hydrogen) atoms. The van der Waals surface area contributed by atoms with Gasteiger partial charge in [0.05, 0.1) is 18.8 Å². The molecule has 0 bridgehead atoms. The van der Waals surface area contributed by atoms with Gasteiger partial charge in [0.2, 0.25) is 41.4 Å². The number of carboxylic acids is 2. The van der Waals surface area contributed by atoms with Gasteiger partial charge in [-0.15, -0.1) is 0 Å². The van der Waals surface area contributed by atoms with Crippen LogP contribution in [0.15, 0.2) is 67.3 Å². The van der Waals surface area contributed by atoms with Crippen LogP contribution >= 0.6 is 0 Å². The average Bonchev–Trinajstić information content (AvgIpc) is 3.90. The number of carboxylic acid groups (broad SMARTS) is 2. The molecule has 0 aliphatic carbocycles. The average molecular weight is 876 g/mol. The Morgan fingerprint density at radius 2 is 1.19 bits per heavy atom. The van der Waals surface area contributed by atoms with Crippen LogP contribution in [-0.4, -0.2) is 120 Å². The van der Waals surface area contributed by atoms with Crippen molar-refractivity contribution in [3.63, 3.8) is 0 Å². The fraction of sp³-hybridized carbons (Fsp3) is 0.350. The van der Waals surface area contributed by atoms with Crippen molar-refractivity contribution in [1.82, 2.24) is 41.5 Å². The summed E-state index contributed by atoms with van der Waals surface area (Å²) in [4.78, 5) is 125. The number of carbonyl (C=O) groups excluding carboxylic acids is 7. The molecule has 6 atom stereocenters. The highest BCUT2D eigenvalue weighted by Gasteiger charge is 2.34. The molecular formula is C40H49N11O12. The van der Waals surface area contributed by atoms with Crippen molar-refractivity contribution in [2.45, 2.75) is 87.6 Å². The normalized spacial score (nSPS) is 13.9. The van der Waals surface area contributed by atoms with Crippen LogP contribution < -0.4 is 43.8 Å². The number of rotatable bonds is 25. The topological polar surface area (TPSA) is 397 Å². The van der Waals surface area contributed by atoms with Crippen LogP contribution in [0.5, 0.6) is 5.75 Å². The summed E-state index contributed by atoms with van der Waals surface area (Å²) >= 11 is 0. The van der Waals surface area contributed by atoms with Gasteiger partial charge in [-0.2, -0.15) is 0 Å². The van der Waals surface area contributed by atoms with Gasteiger partial charge in [0.1, 0.15) is 36.0 Å². The molecule has 0 aliphatic heterocycles. The van der Waals surface area contributed by atoms with Crippen LogP contribution in [0.1, 0.15) is 48.9 Å². The minimum atomic E-state index is -1.78. The third-order valence-electron chi connectivity index (χ3n) is 9.68. The predicted octanol–water partition coefficient (Wildman–Crippen LogP) is -2.53. The molecule has 0 radical (unpaired) electrons. The van der Waals surface area contributed by atoms with Gasteiger partial charge in [-0.1, -0.05) is 30.3 Å². The van der Waals surface area contributed by atoms with E-state index in [0.717, 1.165) is 10.9 Å². The van der Waals surface area contributed by atoms with E-state index in [2.05, 4.69) is 41.5 Å². The number of phenolic OH excluding ortho intramolecular Hbond substituents is 1. The Morgan fingerprint density at radius 1 is 0.635 bits per heavy atom. The van der Waals surface area contributed by atoms with Crippen LogP contribution in [-0.2, 0) is 62.4 Å². The van der Waals surface area contributed by atoms with Crippen molar-refractivity contribution in [3.05, 3.63) is 84.1 Å². The SMILES string of the molecule is NC(=O)CCC(NC(=O)C(N)Cc1c[nH]c2ccccc12)C(=O)NC(CCC(=O)O)C(=O)NC(Cc1cnc[nH]1)C(=O)NC(Cc1ccc(O)cc1)C(=O)NC(CC(N)=O)C(=O)O. The summed E-state index contributed by atoms with van der Waals surface area (Å²) in [6.45, 7) is 0. The fourth-order valence-corrected chi connectivity index (χ4v) is 6.39. The Morgan fingerprint density at radius 3 is 1.76 bits per heavy atom. The molecule has 2 aromatic heterocycles. The summed E-state index contributed by atoms with van der Waals surface area (Å²) in [5, 5.41) is 41.7. The number of hydrogen-bond donors (Lipinski definition) is 13. The number of para-hydroxylation sites is 1. The molecular weight excluding hydrogens is 827 g/mol. The summed E-state index contributed by atoms with van der Waals surface area (Å²) in [5.41, 5.74) is 18.9. The summed E-state index contributed by atoms with van der Waals surface area (Å²) in [6.07, 6.45) is 1.06. The minimum absolute atomic E-state index is 0.0500. The van der Waals surface area contributed by atoms with E-state index < -0.39 is 109 Å². The number of aromatic nitrogens is 3. The number of benzene rings is 2. The van der Waals surface area contributed by atoms with Crippen LogP contribution in [0.3, 0.4) is 0 Å². The largest absolute Gasteiger partial charge is 0.508 e. The zero-order valence-corrected chi connectivity index (χ0v) is 33.7. The Balaban J connectivity index is 1.57. The van der Waals surface area contributed by atoms with Crippen molar-refractivity contribution in [2.24, 2.45) is 17.2 Å². The maximum Gasteiger partial charge on any atom is 0.326 e. The van der Waals surface area contributed by atoms with Crippen molar-refractivity contribution in [2.75, 3.05) is 0 Å². The number of phenols is 1. The molecule has 336 valence electrons. The smallest absolute Gasteiger partial charge is 0.326 e. The second-order valence-electron chi connectivity index (χ2n) is 14.6. The quantitative estimate of drug-likeness (QED) is 0.0327. The molecule has 0 saturated heterocycles. The first-order chi connectivity index (χ1) is 29.9. The monoisotopic (exact) mass is 875 g/mol. The number of carbonyl (C=O) groups is 9. The molecule has 23 heteroatoms. The minimum Gasteiger partial charge on any atom is -0.508 e. The van der Waals surface area contributed by atoms with Crippen LogP contribution in [0.4, 0.5) is 0 Å². The fourth-order valence-electron chi connectivity index (χ4n) is 6.39. The number of nitrogens with zero attached hydrogens (tertiary/aromatic N) is 1. The molecule has 0 spiro atoms. The number of aromatic amines is 2. The molecule has 6 unspecified atom stereocenters. The zero-order chi connectivity index (χ0) is 46.2. The number of nitrogens with one attached hydrogen (secondary N) is 7. The van der Waals surface area contributed by atoms with E-state index >= 15 is 0 Å². The van der Waals surface area contributed by atoms with E-state index in [0.29, 0.717) is 16.8 Å². The van der Waals surface area contributed by atoms with Gasteiger partial charge >= 0.3 is 11.9 Å². The van der Waals surface area contributed by atoms with Gasteiger partial charge in [0.15, 0.2) is 0 Å². The number of aliphatic carboxylic acids is 2.